The Kier molecular flexibility index (Phi) is 2.54. The molecule has 0 spiro atoms. The lowest BCUT2D eigenvalue weighted by atomic mass is 10.1. The molecular formula is C10H11BrN2O. The molecule has 1 aromatic rings. The number of amides is 1. The van der Waals surface area contributed by atoms with Gasteiger partial charge < -0.3 is 4.90 Å². The van der Waals surface area contributed by atoms with Gasteiger partial charge in [0, 0.05) is 24.1 Å². The first-order chi connectivity index (χ1) is 6.68. The third-order valence-electron chi connectivity index (χ3n) is 2.58. The molecule has 1 atom stereocenters. The van der Waals surface area contributed by atoms with Gasteiger partial charge in [-0.05, 0) is 34.5 Å². The van der Waals surface area contributed by atoms with Crippen molar-refractivity contribution in [3.8, 4) is 0 Å². The van der Waals surface area contributed by atoms with Crippen molar-refractivity contribution >= 4 is 21.8 Å². The van der Waals surface area contributed by atoms with Gasteiger partial charge in [-0.15, -0.1) is 0 Å². The van der Waals surface area contributed by atoms with Crippen LogP contribution in [0.5, 0.6) is 0 Å². The molecule has 2 rings (SSSR count). The summed E-state index contributed by atoms with van der Waals surface area (Å²) in [6.45, 7) is 0. The first-order valence-corrected chi connectivity index (χ1v) is 5.35. The summed E-state index contributed by atoms with van der Waals surface area (Å²) in [6.07, 6.45) is 3.29. The Balaban J connectivity index is 2.23. The van der Waals surface area contributed by atoms with E-state index >= 15 is 0 Å². The summed E-state index contributed by atoms with van der Waals surface area (Å²) in [6, 6.07) is 4.08. The molecule has 3 nitrogen and oxygen atoms in total. The summed E-state index contributed by atoms with van der Waals surface area (Å²) in [5.41, 5.74) is 0.974. The van der Waals surface area contributed by atoms with E-state index in [0.29, 0.717) is 6.42 Å². The maximum atomic E-state index is 11.3. The second kappa shape index (κ2) is 3.69. The van der Waals surface area contributed by atoms with E-state index in [1.54, 1.807) is 11.1 Å². The summed E-state index contributed by atoms with van der Waals surface area (Å²) < 4.78 is 0.966. The van der Waals surface area contributed by atoms with Crippen LogP contribution in [0.2, 0.25) is 0 Å². The van der Waals surface area contributed by atoms with E-state index in [1.807, 2.05) is 19.2 Å². The van der Waals surface area contributed by atoms with E-state index in [1.165, 1.54) is 0 Å². The van der Waals surface area contributed by atoms with Crippen LogP contribution in [0.1, 0.15) is 24.6 Å². The van der Waals surface area contributed by atoms with E-state index in [-0.39, 0.29) is 11.9 Å². The van der Waals surface area contributed by atoms with E-state index in [0.717, 1.165) is 16.6 Å². The zero-order valence-electron chi connectivity index (χ0n) is 7.90. The Hall–Kier alpha value is -0.900. The fourth-order valence-corrected chi connectivity index (χ4v) is 1.97. The normalized spacial score (nSPS) is 21.7. The fourth-order valence-electron chi connectivity index (χ4n) is 1.73. The summed E-state index contributed by atoms with van der Waals surface area (Å²) in [5, 5.41) is 0. The highest BCUT2D eigenvalue weighted by Crippen LogP contribution is 2.30. The lowest BCUT2D eigenvalue weighted by Gasteiger charge is -2.18. The first kappa shape index (κ1) is 9.65. The standard InChI is InChI=1S/C10H11BrN2O/c1-13-9(4-5-10(13)14)8-3-2-7(11)6-12-8/h2-3,6,9H,4-5H2,1H3. The minimum atomic E-state index is 0.163. The number of carbonyl (C=O) groups is 1. The van der Waals surface area contributed by atoms with E-state index in [4.69, 9.17) is 0 Å². The Bertz CT molecular complexity index is 350. The molecule has 0 radical (unpaired) electrons. The molecule has 2 heterocycles. The molecule has 1 saturated heterocycles. The van der Waals surface area contributed by atoms with Crippen LogP contribution in [0.15, 0.2) is 22.8 Å². The second-order valence-corrected chi connectivity index (χ2v) is 4.38. The molecule has 1 unspecified atom stereocenters. The highest BCUT2D eigenvalue weighted by atomic mass is 79.9. The molecule has 0 aliphatic carbocycles. The van der Waals surface area contributed by atoms with E-state index < -0.39 is 0 Å². The molecule has 74 valence electrons. The molecule has 1 aliphatic heterocycles. The molecule has 0 saturated carbocycles. The van der Waals surface area contributed by atoms with Gasteiger partial charge in [-0.2, -0.15) is 0 Å². The lowest BCUT2D eigenvalue weighted by Crippen LogP contribution is -2.23. The SMILES string of the molecule is CN1C(=O)CCC1c1ccc(Br)cn1. The predicted octanol–water partition coefficient (Wildman–Crippen LogP) is 2.14. The minimum Gasteiger partial charge on any atom is -0.337 e. The largest absolute Gasteiger partial charge is 0.337 e. The number of rotatable bonds is 1. The maximum Gasteiger partial charge on any atom is 0.222 e. The van der Waals surface area contributed by atoms with Crippen LogP contribution in [-0.4, -0.2) is 22.8 Å². The molecule has 1 amide bonds. The molecule has 0 N–H and O–H groups in total. The highest BCUT2D eigenvalue weighted by molar-refractivity contribution is 9.10. The number of hydrogen-bond acceptors (Lipinski definition) is 2. The molecule has 14 heavy (non-hydrogen) atoms. The van der Waals surface area contributed by atoms with Crippen LogP contribution in [0.25, 0.3) is 0 Å². The van der Waals surface area contributed by atoms with Crippen LogP contribution >= 0.6 is 15.9 Å². The zero-order chi connectivity index (χ0) is 10.1. The predicted molar refractivity (Wildman–Crippen MR) is 56.7 cm³/mol. The molecule has 0 aromatic carbocycles. The summed E-state index contributed by atoms with van der Waals surface area (Å²) in [7, 11) is 1.84. The van der Waals surface area contributed by atoms with Crippen LogP contribution in [0, 0.1) is 0 Å². The smallest absolute Gasteiger partial charge is 0.222 e. The van der Waals surface area contributed by atoms with Gasteiger partial charge >= 0.3 is 0 Å². The number of likely N-dealkylation sites (tertiary alicyclic amines) is 1. The average molecular weight is 255 g/mol. The van der Waals surface area contributed by atoms with Gasteiger partial charge in [-0.25, -0.2) is 0 Å². The maximum absolute atomic E-state index is 11.3. The monoisotopic (exact) mass is 254 g/mol. The molecule has 4 heteroatoms. The second-order valence-electron chi connectivity index (χ2n) is 3.46. The number of carbonyl (C=O) groups excluding carboxylic acids is 1. The summed E-state index contributed by atoms with van der Waals surface area (Å²) in [4.78, 5) is 17.4. The molecule has 1 aliphatic rings. The van der Waals surface area contributed by atoms with Crippen molar-refractivity contribution in [1.82, 2.24) is 9.88 Å². The van der Waals surface area contributed by atoms with E-state index in [9.17, 15) is 4.79 Å². The van der Waals surface area contributed by atoms with Crippen molar-refractivity contribution in [2.75, 3.05) is 7.05 Å². The molecule has 1 fully saturated rings. The number of pyridine rings is 1. The quantitative estimate of drug-likeness (QED) is 0.770. The van der Waals surface area contributed by atoms with Gasteiger partial charge in [0.1, 0.15) is 0 Å². The van der Waals surface area contributed by atoms with Crippen molar-refractivity contribution < 1.29 is 4.79 Å². The summed E-state index contributed by atoms with van der Waals surface area (Å²) >= 11 is 3.34. The van der Waals surface area contributed by atoms with Gasteiger partial charge in [-0.3, -0.25) is 9.78 Å². The fraction of sp³-hybridized carbons (Fsp3) is 0.400. The van der Waals surface area contributed by atoms with Gasteiger partial charge in [0.25, 0.3) is 0 Å². The first-order valence-electron chi connectivity index (χ1n) is 4.55. The number of aromatic nitrogens is 1. The minimum absolute atomic E-state index is 0.163. The van der Waals surface area contributed by atoms with Crippen molar-refractivity contribution in [2.45, 2.75) is 18.9 Å². The van der Waals surface area contributed by atoms with Crippen molar-refractivity contribution in [3.05, 3.63) is 28.5 Å². The van der Waals surface area contributed by atoms with Crippen LogP contribution in [0.3, 0.4) is 0 Å². The Morgan fingerprint density at radius 3 is 2.86 bits per heavy atom. The molecule has 1 aromatic heterocycles. The molecular weight excluding hydrogens is 244 g/mol. The Labute approximate surface area is 91.3 Å². The van der Waals surface area contributed by atoms with Crippen molar-refractivity contribution in [2.24, 2.45) is 0 Å². The highest BCUT2D eigenvalue weighted by Gasteiger charge is 2.29. The molecule has 0 bridgehead atoms. The topological polar surface area (TPSA) is 33.2 Å². The van der Waals surface area contributed by atoms with Gasteiger partial charge in [0.15, 0.2) is 0 Å². The Morgan fingerprint density at radius 2 is 2.36 bits per heavy atom. The zero-order valence-corrected chi connectivity index (χ0v) is 9.49. The lowest BCUT2D eigenvalue weighted by molar-refractivity contribution is -0.127. The van der Waals surface area contributed by atoms with Crippen molar-refractivity contribution in [1.29, 1.82) is 0 Å². The van der Waals surface area contributed by atoms with Gasteiger partial charge in [0.2, 0.25) is 5.91 Å². The van der Waals surface area contributed by atoms with Gasteiger partial charge in [-0.1, -0.05) is 0 Å². The van der Waals surface area contributed by atoms with Crippen LogP contribution in [-0.2, 0) is 4.79 Å². The third kappa shape index (κ3) is 1.66. The van der Waals surface area contributed by atoms with Crippen LogP contribution < -0.4 is 0 Å². The van der Waals surface area contributed by atoms with Gasteiger partial charge in [0.05, 0.1) is 11.7 Å². The Morgan fingerprint density at radius 1 is 1.57 bits per heavy atom. The van der Waals surface area contributed by atoms with E-state index in [2.05, 4.69) is 20.9 Å². The number of nitrogens with zero attached hydrogens (tertiary/aromatic N) is 2. The third-order valence-corrected chi connectivity index (χ3v) is 3.05. The summed E-state index contributed by atoms with van der Waals surface area (Å²) in [5.74, 6) is 0.208. The van der Waals surface area contributed by atoms with Crippen molar-refractivity contribution in [3.63, 3.8) is 0 Å². The number of hydrogen-bond donors (Lipinski definition) is 0. The number of halogens is 1. The average Bonchev–Trinajstić information content (AvgIpc) is 2.50. The van der Waals surface area contributed by atoms with Crippen LogP contribution in [0.4, 0.5) is 0 Å².